The molecule has 100 valence electrons. The summed E-state index contributed by atoms with van der Waals surface area (Å²) in [6, 6.07) is 5.07. The van der Waals surface area contributed by atoms with Crippen LogP contribution < -0.4 is 5.32 Å². The number of halogens is 1. The number of hydrogen-bond donors (Lipinski definition) is 2. The van der Waals surface area contributed by atoms with Gasteiger partial charge in [-0.05, 0) is 40.6 Å². The lowest BCUT2D eigenvalue weighted by Crippen LogP contribution is -2.34. The van der Waals surface area contributed by atoms with Crippen molar-refractivity contribution in [3.05, 3.63) is 28.1 Å². The van der Waals surface area contributed by atoms with Crippen molar-refractivity contribution in [2.24, 2.45) is 5.92 Å². The van der Waals surface area contributed by atoms with E-state index in [0.29, 0.717) is 5.82 Å². The molecule has 0 aliphatic rings. The highest BCUT2D eigenvalue weighted by atomic mass is 127. The molecule has 1 aromatic carbocycles. The molecule has 2 aromatic rings. The summed E-state index contributed by atoms with van der Waals surface area (Å²) >= 11 is 2.20. The Morgan fingerprint density at radius 3 is 2.74 bits per heavy atom. The highest BCUT2D eigenvalue weighted by Gasteiger charge is 2.22. The average Bonchev–Trinajstić information content (AvgIpc) is 2.35. The normalized spacial score (nSPS) is 12.6. The van der Waals surface area contributed by atoms with Crippen LogP contribution in [0.4, 0.5) is 5.82 Å². The second kappa shape index (κ2) is 5.68. The molecule has 2 N–H and O–H groups in total. The van der Waals surface area contributed by atoms with Gasteiger partial charge >= 0.3 is 5.97 Å². The van der Waals surface area contributed by atoms with Gasteiger partial charge in [0.25, 0.3) is 0 Å². The Labute approximate surface area is 124 Å². The molecule has 1 aromatic heterocycles. The Kier molecular flexibility index (Phi) is 4.18. The van der Waals surface area contributed by atoms with E-state index >= 15 is 0 Å². The van der Waals surface area contributed by atoms with Crippen molar-refractivity contribution < 1.29 is 9.90 Å². The van der Waals surface area contributed by atoms with E-state index in [2.05, 4.69) is 37.9 Å². The van der Waals surface area contributed by atoms with Gasteiger partial charge in [0.15, 0.2) is 0 Å². The van der Waals surface area contributed by atoms with Crippen LogP contribution in [0.1, 0.15) is 13.8 Å². The molecule has 19 heavy (non-hydrogen) atoms. The summed E-state index contributed by atoms with van der Waals surface area (Å²) in [5.41, 5.74) is 0.803. The summed E-state index contributed by atoms with van der Waals surface area (Å²) in [6.45, 7) is 3.72. The van der Waals surface area contributed by atoms with Crippen molar-refractivity contribution in [1.29, 1.82) is 0 Å². The van der Waals surface area contributed by atoms with E-state index in [0.717, 1.165) is 14.5 Å². The molecule has 2 rings (SSSR count). The van der Waals surface area contributed by atoms with Crippen molar-refractivity contribution in [3.63, 3.8) is 0 Å². The van der Waals surface area contributed by atoms with Gasteiger partial charge in [0.05, 0.1) is 10.9 Å². The van der Waals surface area contributed by atoms with Crippen molar-refractivity contribution in [1.82, 2.24) is 9.97 Å². The monoisotopic (exact) mass is 371 g/mol. The first-order valence-electron chi connectivity index (χ1n) is 5.89. The first kappa shape index (κ1) is 14.0. The lowest BCUT2D eigenvalue weighted by molar-refractivity contribution is -0.138. The molecule has 0 spiro atoms. The highest BCUT2D eigenvalue weighted by molar-refractivity contribution is 14.1. The predicted octanol–water partition coefficient (Wildman–Crippen LogP) is 2.76. The Balaban J connectivity index is 2.48. The SMILES string of the molecule is CC(C)[C@H](Nc1ncnc2cccc(I)c12)C(=O)O. The van der Waals surface area contributed by atoms with Crippen LogP contribution in [-0.4, -0.2) is 27.1 Å². The van der Waals surface area contributed by atoms with E-state index in [1.807, 2.05) is 32.0 Å². The Morgan fingerprint density at radius 2 is 2.11 bits per heavy atom. The van der Waals surface area contributed by atoms with E-state index < -0.39 is 12.0 Å². The number of carboxylic acid groups (broad SMARTS) is 1. The Morgan fingerprint density at radius 1 is 1.37 bits per heavy atom. The summed E-state index contributed by atoms with van der Waals surface area (Å²) < 4.78 is 0.992. The lowest BCUT2D eigenvalue weighted by atomic mass is 10.0. The predicted molar refractivity (Wildman–Crippen MR) is 82.1 cm³/mol. The van der Waals surface area contributed by atoms with Crippen molar-refractivity contribution in [2.75, 3.05) is 5.32 Å². The molecular weight excluding hydrogens is 357 g/mol. The number of anilines is 1. The third-order valence-electron chi connectivity index (χ3n) is 2.84. The van der Waals surface area contributed by atoms with Crippen LogP contribution in [0.15, 0.2) is 24.5 Å². The fraction of sp³-hybridized carbons (Fsp3) is 0.308. The van der Waals surface area contributed by atoms with Gasteiger partial charge in [-0.15, -0.1) is 0 Å². The minimum Gasteiger partial charge on any atom is -0.480 e. The van der Waals surface area contributed by atoms with E-state index in [1.54, 1.807) is 0 Å². The number of carbonyl (C=O) groups is 1. The molecule has 0 bridgehead atoms. The largest absolute Gasteiger partial charge is 0.480 e. The number of hydrogen-bond acceptors (Lipinski definition) is 4. The maximum atomic E-state index is 11.3. The second-order valence-corrected chi connectivity index (χ2v) is 5.72. The number of nitrogens with one attached hydrogen (secondary N) is 1. The molecular formula is C13H14IN3O2. The molecule has 0 unspecified atom stereocenters. The van der Waals surface area contributed by atoms with Gasteiger partial charge in [-0.1, -0.05) is 19.9 Å². The molecule has 0 aliphatic carbocycles. The first-order valence-corrected chi connectivity index (χ1v) is 6.97. The van der Waals surface area contributed by atoms with E-state index in [-0.39, 0.29) is 5.92 Å². The van der Waals surface area contributed by atoms with Gasteiger partial charge < -0.3 is 10.4 Å². The third-order valence-corrected chi connectivity index (χ3v) is 3.74. The summed E-state index contributed by atoms with van der Waals surface area (Å²) in [4.78, 5) is 19.6. The van der Waals surface area contributed by atoms with Crippen LogP contribution in [0.2, 0.25) is 0 Å². The Bertz CT molecular complexity index is 611. The van der Waals surface area contributed by atoms with Gasteiger partial charge in [0.1, 0.15) is 18.2 Å². The van der Waals surface area contributed by atoms with E-state index in [1.165, 1.54) is 6.33 Å². The zero-order chi connectivity index (χ0) is 14.0. The van der Waals surface area contributed by atoms with Crippen LogP contribution in [0.25, 0.3) is 10.9 Å². The minimum absolute atomic E-state index is 0.0381. The number of nitrogens with zero attached hydrogens (tertiary/aromatic N) is 2. The fourth-order valence-corrected chi connectivity index (χ4v) is 2.58. The quantitative estimate of drug-likeness (QED) is 0.809. The fourth-order valence-electron chi connectivity index (χ4n) is 1.84. The van der Waals surface area contributed by atoms with Crippen molar-refractivity contribution in [2.45, 2.75) is 19.9 Å². The molecule has 0 fully saturated rings. The van der Waals surface area contributed by atoms with Gasteiger partial charge in [0.2, 0.25) is 0 Å². The molecule has 5 nitrogen and oxygen atoms in total. The molecule has 0 radical (unpaired) electrons. The number of benzene rings is 1. The van der Waals surface area contributed by atoms with Crippen LogP contribution in [-0.2, 0) is 4.79 Å². The van der Waals surface area contributed by atoms with Crippen molar-refractivity contribution >= 4 is 45.3 Å². The zero-order valence-corrected chi connectivity index (χ0v) is 12.7. The Hall–Kier alpha value is -1.44. The first-order chi connectivity index (χ1) is 9.00. The number of aromatic nitrogens is 2. The van der Waals surface area contributed by atoms with Crippen LogP contribution in [0, 0.1) is 9.49 Å². The minimum atomic E-state index is -0.882. The van der Waals surface area contributed by atoms with Crippen LogP contribution >= 0.6 is 22.6 Å². The molecule has 0 saturated carbocycles. The molecule has 0 aliphatic heterocycles. The van der Waals surface area contributed by atoms with Gasteiger partial charge in [0, 0.05) is 3.57 Å². The molecule has 6 heteroatoms. The van der Waals surface area contributed by atoms with E-state index in [9.17, 15) is 9.90 Å². The standard InChI is InChI=1S/C13H14IN3O2/c1-7(2)11(13(18)19)17-12-10-8(14)4-3-5-9(10)15-6-16-12/h3-7,11H,1-2H3,(H,18,19)(H,15,16,17)/t11-/m0/s1. The smallest absolute Gasteiger partial charge is 0.326 e. The average molecular weight is 371 g/mol. The highest BCUT2D eigenvalue weighted by Crippen LogP contribution is 2.26. The van der Waals surface area contributed by atoms with Gasteiger partial charge in [-0.25, -0.2) is 14.8 Å². The van der Waals surface area contributed by atoms with Crippen LogP contribution in [0.3, 0.4) is 0 Å². The maximum Gasteiger partial charge on any atom is 0.326 e. The summed E-state index contributed by atoms with van der Waals surface area (Å²) in [7, 11) is 0. The molecule has 0 amide bonds. The summed E-state index contributed by atoms with van der Waals surface area (Å²) in [5, 5.41) is 13.1. The lowest BCUT2D eigenvalue weighted by Gasteiger charge is -2.19. The zero-order valence-electron chi connectivity index (χ0n) is 10.6. The van der Waals surface area contributed by atoms with E-state index in [4.69, 9.17) is 0 Å². The van der Waals surface area contributed by atoms with Gasteiger partial charge in [-0.3, -0.25) is 0 Å². The molecule has 0 saturated heterocycles. The summed E-state index contributed by atoms with van der Waals surface area (Å²) in [6.07, 6.45) is 1.44. The molecule has 1 heterocycles. The summed E-state index contributed by atoms with van der Waals surface area (Å²) in [5.74, 6) is -0.354. The van der Waals surface area contributed by atoms with Crippen LogP contribution in [0.5, 0.6) is 0 Å². The molecule has 1 atom stereocenters. The topological polar surface area (TPSA) is 75.1 Å². The van der Waals surface area contributed by atoms with Crippen molar-refractivity contribution in [3.8, 4) is 0 Å². The number of fused-ring (bicyclic) bond motifs is 1. The second-order valence-electron chi connectivity index (χ2n) is 4.56. The third kappa shape index (κ3) is 2.94. The maximum absolute atomic E-state index is 11.3. The number of rotatable bonds is 4. The number of aliphatic carboxylic acids is 1. The number of carboxylic acids is 1. The van der Waals surface area contributed by atoms with Gasteiger partial charge in [-0.2, -0.15) is 0 Å².